The zero-order valence-corrected chi connectivity index (χ0v) is 13.2. The number of fused-ring (bicyclic) bond motifs is 1. The summed E-state index contributed by atoms with van der Waals surface area (Å²) in [6.45, 7) is 2.51. The van der Waals surface area contributed by atoms with Gasteiger partial charge < -0.3 is 4.74 Å². The minimum absolute atomic E-state index is 0.435. The average molecular weight is 305 g/mol. The molecule has 1 aliphatic carbocycles. The maximum Gasteiger partial charge on any atom is 0.134 e. The summed E-state index contributed by atoms with van der Waals surface area (Å²) in [5.74, 6) is 0.913. The fourth-order valence-corrected chi connectivity index (χ4v) is 2.98. The molecule has 0 atom stereocenters. The number of benzene rings is 2. The van der Waals surface area contributed by atoms with Crippen molar-refractivity contribution in [2.75, 3.05) is 0 Å². The average Bonchev–Trinajstić information content (AvgIpc) is 3.22. The third kappa shape index (κ3) is 2.97. The van der Waals surface area contributed by atoms with Crippen LogP contribution in [0.3, 0.4) is 0 Å². The molecule has 0 saturated heterocycles. The molecule has 1 aliphatic rings. The molecule has 116 valence electrons. The Bertz CT molecular complexity index is 821. The molecule has 4 heteroatoms. The molecule has 0 aliphatic heterocycles. The van der Waals surface area contributed by atoms with Crippen LogP contribution in [-0.4, -0.2) is 15.0 Å². The van der Waals surface area contributed by atoms with Crippen LogP contribution in [0.1, 0.15) is 28.8 Å². The zero-order valence-electron chi connectivity index (χ0n) is 13.2. The molecule has 4 rings (SSSR count). The summed E-state index contributed by atoms with van der Waals surface area (Å²) in [6.07, 6.45) is 5.53. The number of hydrogen-bond acceptors (Lipinski definition) is 3. The van der Waals surface area contributed by atoms with Crippen molar-refractivity contribution in [2.24, 2.45) is 0 Å². The molecule has 0 fully saturated rings. The van der Waals surface area contributed by atoms with Crippen molar-refractivity contribution in [1.29, 1.82) is 0 Å². The molecule has 0 amide bonds. The van der Waals surface area contributed by atoms with Gasteiger partial charge in [-0.05, 0) is 61.6 Å². The maximum absolute atomic E-state index is 5.87. The van der Waals surface area contributed by atoms with E-state index >= 15 is 0 Å². The minimum atomic E-state index is 0.435. The lowest BCUT2D eigenvalue weighted by Gasteiger charge is -2.06. The number of nitrogens with zero attached hydrogens (tertiary/aromatic N) is 3. The molecule has 3 aromatic rings. The van der Waals surface area contributed by atoms with Crippen LogP contribution in [0.4, 0.5) is 0 Å². The lowest BCUT2D eigenvalue weighted by molar-refractivity contribution is 0.301. The van der Waals surface area contributed by atoms with Crippen LogP contribution >= 0.6 is 0 Å². The predicted octanol–water partition coefficient (Wildman–Crippen LogP) is 3.64. The molecule has 4 nitrogen and oxygen atoms in total. The Morgan fingerprint density at radius 2 is 1.87 bits per heavy atom. The van der Waals surface area contributed by atoms with Crippen LogP contribution in [-0.2, 0) is 19.4 Å². The highest BCUT2D eigenvalue weighted by atomic mass is 16.5. The monoisotopic (exact) mass is 305 g/mol. The van der Waals surface area contributed by atoms with Crippen molar-refractivity contribution in [3.05, 3.63) is 71.0 Å². The highest BCUT2D eigenvalue weighted by Crippen LogP contribution is 2.26. The summed E-state index contributed by atoms with van der Waals surface area (Å²) < 4.78 is 7.65. The lowest BCUT2D eigenvalue weighted by atomic mass is 10.1. The summed E-state index contributed by atoms with van der Waals surface area (Å²) in [5, 5.41) is 8.36. The molecule has 0 radical (unpaired) electrons. The SMILES string of the molecule is Cc1ccc(-n2cc(COc3ccc4c(c3)CCC4)nn2)cc1. The van der Waals surface area contributed by atoms with Gasteiger partial charge in [0.2, 0.25) is 0 Å². The quantitative estimate of drug-likeness (QED) is 0.739. The Morgan fingerprint density at radius 1 is 1.04 bits per heavy atom. The summed E-state index contributed by atoms with van der Waals surface area (Å²) in [7, 11) is 0. The van der Waals surface area contributed by atoms with Gasteiger partial charge in [0.25, 0.3) is 0 Å². The second-order valence-corrected chi connectivity index (χ2v) is 6.06. The largest absolute Gasteiger partial charge is 0.487 e. The van der Waals surface area contributed by atoms with Gasteiger partial charge in [-0.25, -0.2) is 4.68 Å². The molecule has 0 saturated carbocycles. The number of ether oxygens (including phenoxy) is 1. The van der Waals surface area contributed by atoms with Gasteiger partial charge in [0.1, 0.15) is 18.1 Å². The van der Waals surface area contributed by atoms with E-state index < -0.39 is 0 Å². The van der Waals surface area contributed by atoms with Crippen LogP contribution in [0, 0.1) is 6.92 Å². The van der Waals surface area contributed by atoms with Crippen LogP contribution in [0.15, 0.2) is 48.7 Å². The van der Waals surface area contributed by atoms with Crippen molar-refractivity contribution in [3.8, 4) is 11.4 Å². The number of hydrogen-bond donors (Lipinski definition) is 0. The highest BCUT2D eigenvalue weighted by Gasteiger charge is 2.11. The first kappa shape index (κ1) is 14.0. The van der Waals surface area contributed by atoms with Gasteiger partial charge in [0.15, 0.2) is 0 Å². The van der Waals surface area contributed by atoms with Crippen molar-refractivity contribution in [2.45, 2.75) is 32.8 Å². The van der Waals surface area contributed by atoms with E-state index in [4.69, 9.17) is 4.74 Å². The third-order valence-electron chi connectivity index (χ3n) is 4.30. The fraction of sp³-hybridized carbons (Fsp3) is 0.263. The summed E-state index contributed by atoms with van der Waals surface area (Å²) in [6, 6.07) is 14.6. The standard InChI is InChI=1S/C19H19N3O/c1-14-5-8-18(9-6-14)22-12-17(20-21-22)13-23-19-10-7-15-3-2-4-16(15)11-19/h5-12H,2-4,13H2,1H3. The first-order chi connectivity index (χ1) is 11.3. The highest BCUT2D eigenvalue weighted by molar-refractivity contribution is 5.38. The topological polar surface area (TPSA) is 39.9 Å². The summed E-state index contributed by atoms with van der Waals surface area (Å²) >= 11 is 0. The van der Waals surface area contributed by atoms with Crippen LogP contribution in [0.5, 0.6) is 5.75 Å². The van der Waals surface area contributed by atoms with E-state index in [9.17, 15) is 0 Å². The molecule has 1 aromatic heterocycles. The molecular formula is C19H19N3O. The molecular weight excluding hydrogens is 286 g/mol. The van der Waals surface area contributed by atoms with Crippen molar-refractivity contribution < 1.29 is 4.74 Å². The molecule has 2 aromatic carbocycles. The van der Waals surface area contributed by atoms with E-state index in [1.54, 1.807) is 4.68 Å². The first-order valence-electron chi connectivity index (χ1n) is 8.01. The van der Waals surface area contributed by atoms with Crippen molar-refractivity contribution >= 4 is 0 Å². The lowest BCUT2D eigenvalue weighted by Crippen LogP contribution is -1.96. The van der Waals surface area contributed by atoms with E-state index in [1.807, 2.05) is 18.3 Å². The van der Waals surface area contributed by atoms with Gasteiger partial charge in [-0.3, -0.25) is 0 Å². The van der Waals surface area contributed by atoms with Gasteiger partial charge in [-0.15, -0.1) is 5.10 Å². The Morgan fingerprint density at radius 3 is 2.74 bits per heavy atom. The third-order valence-corrected chi connectivity index (χ3v) is 4.30. The Hall–Kier alpha value is -2.62. The second kappa shape index (κ2) is 5.88. The van der Waals surface area contributed by atoms with Gasteiger partial charge in [-0.1, -0.05) is 29.0 Å². The molecule has 0 spiro atoms. The second-order valence-electron chi connectivity index (χ2n) is 6.06. The minimum Gasteiger partial charge on any atom is -0.487 e. The van der Waals surface area contributed by atoms with E-state index in [2.05, 4.69) is 47.6 Å². The molecule has 23 heavy (non-hydrogen) atoms. The Labute approximate surface area is 135 Å². The maximum atomic E-state index is 5.87. The summed E-state index contributed by atoms with van der Waals surface area (Å²) in [5.41, 5.74) is 5.94. The van der Waals surface area contributed by atoms with Crippen molar-refractivity contribution in [3.63, 3.8) is 0 Å². The first-order valence-corrected chi connectivity index (χ1v) is 8.01. The molecule has 0 unspecified atom stereocenters. The number of aryl methyl sites for hydroxylation is 3. The van der Waals surface area contributed by atoms with Gasteiger partial charge >= 0.3 is 0 Å². The zero-order chi connectivity index (χ0) is 15.6. The van der Waals surface area contributed by atoms with Gasteiger partial charge in [0.05, 0.1) is 11.9 Å². The van der Waals surface area contributed by atoms with E-state index in [-0.39, 0.29) is 0 Å². The van der Waals surface area contributed by atoms with Crippen LogP contribution in [0.25, 0.3) is 5.69 Å². The molecule has 0 bridgehead atoms. The predicted molar refractivity (Wildman–Crippen MR) is 88.9 cm³/mol. The number of rotatable bonds is 4. The Balaban J connectivity index is 1.44. The van der Waals surface area contributed by atoms with Gasteiger partial charge in [0, 0.05) is 0 Å². The van der Waals surface area contributed by atoms with E-state index in [0.717, 1.165) is 23.6 Å². The van der Waals surface area contributed by atoms with E-state index in [1.165, 1.54) is 29.5 Å². The Kier molecular flexibility index (Phi) is 3.58. The smallest absolute Gasteiger partial charge is 0.134 e. The van der Waals surface area contributed by atoms with E-state index in [0.29, 0.717) is 6.61 Å². The van der Waals surface area contributed by atoms with Gasteiger partial charge in [-0.2, -0.15) is 0 Å². The fourth-order valence-electron chi connectivity index (χ4n) is 2.98. The van der Waals surface area contributed by atoms with Crippen LogP contribution < -0.4 is 4.74 Å². The summed E-state index contributed by atoms with van der Waals surface area (Å²) in [4.78, 5) is 0. The normalized spacial score (nSPS) is 13.1. The molecule has 0 N–H and O–H groups in total. The van der Waals surface area contributed by atoms with Crippen LogP contribution in [0.2, 0.25) is 0 Å². The van der Waals surface area contributed by atoms with Crippen molar-refractivity contribution in [1.82, 2.24) is 15.0 Å². The molecule has 1 heterocycles. The number of aromatic nitrogens is 3.